The van der Waals surface area contributed by atoms with Crippen LogP contribution in [0.1, 0.15) is 19.3 Å². The molecule has 4 heteroatoms. The highest BCUT2D eigenvalue weighted by Crippen LogP contribution is 2.12. The predicted octanol–water partition coefficient (Wildman–Crippen LogP) is -0.973. The van der Waals surface area contributed by atoms with E-state index in [0.717, 1.165) is 19.3 Å². The minimum atomic E-state index is -2.10. The second-order valence-electron chi connectivity index (χ2n) is 2.74. The van der Waals surface area contributed by atoms with Crippen LogP contribution in [0.4, 0.5) is 0 Å². The smallest absolute Gasteiger partial charge is 0.286 e. The third kappa shape index (κ3) is 1.91. The summed E-state index contributed by atoms with van der Waals surface area (Å²) in [5.41, 5.74) is 5.05. The highest BCUT2D eigenvalue weighted by molar-refractivity contribution is 4.67. The van der Waals surface area contributed by atoms with Crippen LogP contribution in [0.2, 0.25) is 0 Å². The summed E-state index contributed by atoms with van der Waals surface area (Å²) in [6.07, 6.45) is 3.16. The highest BCUT2D eigenvalue weighted by atomic mass is 16.5. The molecule has 0 spiro atoms. The molecule has 1 rings (SSSR count). The van der Waals surface area contributed by atoms with Gasteiger partial charge in [-0.2, -0.15) is 0 Å². The lowest BCUT2D eigenvalue weighted by Crippen LogP contribution is -2.57. The van der Waals surface area contributed by atoms with Crippen LogP contribution in [0.3, 0.4) is 0 Å². The summed E-state index contributed by atoms with van der Waals surface area (Å²) in [5, 5.41) is 17.8. The van der Waals surface area contributed by atoms with Crippen LogP contribution in [0, 0.1) is 0 Å². The molecule has 1 aliphatic rings. The molecule has 0 saturated carbocycles. The number of aliphatic hydroxyl groups is 2. The van der Waals surface area contributed by atoms with Crippen molar-refractivity contribution in [2.24, 2.45) is 5.73 Å². The maximum atomic E-state index is 8.90. The van der Waals surface area contributed by atoms with Gasteiger partial charge in [-0.3, -0.25) is 5.73 Å². The molecule has 0 amide bonds. The van der Waals surface area contributed by atoms with E-state index in [1.807, 2.05) is 0 Å². The van der Waals surface area contributed by atoms with Gasteiger partial charge in [-0.15, -0.1) is 0 Å². The van der Waals surface area contributed by atoms with Gasteiger partial charge in [-0.25, -0.2) is 4.90 Å². The number of nitrogens with two attached hydrogens (primary N) is 1. The second kappa shape index (κ2) is 2.84. The van der Waals surface area contributed by atoms with Crippen molar-refractivity contribution in [2.45, 2.75) is 25.3 Å². The van der Waals surface area contributed by atoms with Crippen molar-refractivity contribution in [1.29, 1.82) is 0 Å². The molecule has 60 valence electrons. The molecular formula is C6H14N2O2. The minimum absolute atomic E-state index is 0.684. The number of hydrogen-bond donors (Lipinski definition) is 3. The molecule has 4 N–H and O–H groups in total. The van der Waals surface area contributed by atoms with Crippen molar-refractivity contribution in [1.82, 2.24) is 4.90 Å². The first-order valence-corrected chi connectivity index (χ1v) is 3.59. The van der Waals surface area contributed by atoms with E-state index in [0.29, 0.717) is 13.1 Å². The van der Waals surface area contributed by atoms with Crippen molar-refractivity contribution < 1.29 is 10.2 Å². The van der Waals surface area contributed by atoms with E-state index in [2.05, 4.69) is 0 Å². The van der Waals surface area contributed by atoms with Gasteiger partial charge in [0.2, 0.25) is 0 Å². The van der Waals surface area contributed by atoms with Crippen LogP contribution in [0.25, 0.3) is 0 Å². The standard InChI is InChI=1S/C6H14N2O2/c7-6(9,10)8-4-2-1-3-5-8/h9-10H,1-5,7H2. The van der Waals surface area contributed by atoms with Gasteiger partial charge in [0.05, 0.1) is 0 Å². The van der Waals surface area contributed by atoms with Gasteiger partial charge in [0.25, 0.3) is 6.03 Å². The molecule has 1 aliphatic heterocycles. The third-order valence-corrected chi connectivity index (χ3v) is 1.82. The third-order valence-electron chi connectivity index (χ3n) is 1.82. The number of piperidine rings is 1. The van der Waals surface area contributed by atoms with Crippen LogP contribution in [-0.4, -0.2) is 34.2 Å². The van der Waals surface area contributed by atoms with Gasteiger partial charge >= 0.3 is 0 Å². The summed E-state index contributed by atoms with van der Waals surface area (Å²) in [4.78, 5) is 1.47. The molecular weight excluding hydrogens is 132 g/mol. The first-order chi connectivity index (χ1) is 4.61. The normalized spacial score (nSPS) is 23.1. The molecule has 1 saturated heterocycles. The molecule has 1 fully saturated rings. The first-order valence-electron chi connectivity index (χ1n) is 3.59. The van der Waals surface area contributed by atoms with Gasteiger partial charge in [0.1, 0.15) is 0 Å². The van der Waals surface area contributed by atoms with E-state index in [1.165, 1.54) is 4.90 Å². The second-order valence-corrected chi connectivity index (χ2v) is 2.74. The van der Waals surface area contributed by atoms with Crippen molar-refractivity contribution in [2.75, 3.05) is 13.1 Å². The van der Waals surface area contributed by atoms with E-state index >= 15 is 0 Å². The van der Waals surface area contributed by atoms with E-state index in [4.69, 9.17) is 15.9 Å². The van der Waals surface area contributed by atoms with Crippen molar-refractivity contribution in [3.63, 3.8) is 0 Å². The fourth-order valence-electron chi connectivity index (χ4n) is 1.22. The molecule has 0 aromatic carbocycles. The summed E-state index contributed by atoms with van der Waals surface area (Å²) < 4.78 is 0. The Labute approximate surface area is 60.2 Å². The number of rotatable bonds is 1. The maximum Gasteiger partial charge on any atom is 0.286 e. The lowest BCUT2D eigenvalue weighted by molar-refractivity contribution is -0.263. The van der Waals surface area contributed by atoms with Crippen molar-refractivity contribution >= 4 is 0 Å². The lowest BCUT2D eigenvalue weighted by atomic mass is 10.1. The highest BCUT2D eigenvalue weighted by Gasteiger charge is 2.27. The van der Waals surface area contributed by atoms with Gasteiger partial charge in [0, 0.05) is 13.1 Å². The van der Waals surface area contributed by atoms with Crippen LogP contribution in [0.5, 0.6) is 0 Å². The number of nitrogens with zero attached hydrogens (tertiary/aromatic N) is 1. The molecule has 0 bridgehead atoms. The van der Waals surface area contributed by atoms with E-state index < -0.39 is 6.03 Å². The zero-order valence-corrected chi connectivity index (χ0v) is 5.95. The average molecular weight is 146 g/mol. The first kappa shape index (κ1) is 7.94. The molecule has 0 unspecified atom stereocenters. The van der Waals surface area contributed by atoms with E-state index in [9.17, 15) is 0 Å². The summed E-state index contributed by atoms with van der Waals surface area (Å²) in [6.45, 7) is 1.37. The van der Waals surface area contributed by atoms with Crippen LogP contribution >= 0.6 is 0 Å². The quantitative estimate of drug-likeness (QED) is 0.416. The van der Waals surface area contributed by atoms with Crippen LogP contribution in [0.15, 0.2) is 0 Å². The monoisotopic (exact) mass is 146 g/mol. The summed E-state index contributed by atoms with van der Waals surface area (Å²) in [7, 11) is 0. The zero-order chi connectivity index (χ0) is 7.61. The van der Waals surface area contributed by atoms with Gasteiger partial charge in [-0.05, 0) is 12.8 Å². The molecule has 0 atom stereocenters. The minimum Gasteiger partial charge on any atom is -0.341 e. The zero-order valence-electron chi connectivity index (χ0n) is 5.95. The SMILES string of the molecule is NC(O)(O)N1CCCCC1. The Morgan fingerprint density at radius 2 is 1.60 bits per heavy atom. The Balaban J connectivity index is 2.39. The summed E-state index contributed by atoms with van der Waals surface area (Å²) in [5.74, 6) is 0. The number of hydrogen-bond acceptors (Lipinski definition) is 4. The molecule has 0 radical (unpaired) electrons. The molecule has 1 heterocycles. The Morgan fingerprint density at radius 1 is 1.10 bits per heavy atom. The maximum absolute atomic E-state index is 8.90. The Bertz CT molecular complexity index is 105. The predicted molar refractivity (Wildman–Crippen MR) is 36.8 cm³/mol. The number of likely N-dealkylation sites (tertiary alicyclic amines) is 1. The molecule has 0 aromatic rings. The van der Waals surface area contributed by atoms with Crippen LogP contribution < -0.4 is 5.73 Å². The average Bonchev–Trinajstić information content (AvgIpc) is 1.88. The van der Waals surface area contributed by atoms with E-state index in [1.54, 1.807) is 0 Å². The largest absolute Gasteiger partial charge is 0.341 e. The van der Waals surface area contributed by atoms with Gasteiger partial charge in [0.15, 0.2) is 0 Å². The summed E-state index contributed by atoms with van der Waals surface area (Å²) in [6, 6.07) is -2.10. The molecule has 0 aromatic heterocycles. The van der Waals surface area contributed by atoms with E-state index in [-0.39, 0.29) is 0 Å². The Hall–Kier alpha value is -0.160. The lowest BCUT2D eigenvalue weighted by Gasteiger charge is -2.34. The van der Waals surface area contributed by atoms with Crippen molar-refractivity contribution in [3.8, 4) is 0 Å². The van der Waals surface area contributed by atoms with Gasteiger partial charge < -0.3 is 10.2 Å². The fourth-order valence-corrected chi connectivity index (χ4v) is 1.22. The van der Waals surface area contributed by atoms with Gasteiger partial charge in [-0.1, -0.05) is 6.42 Å². The Kier molecular flexibility index (Phi) is 2.25. The summed E-state index contributed by atoms with van der Waals surface area (Å²) >= 11 is 0. The molecule has 0 aliphatic carbocycles. The fraction of sp³-hybridized carbons (Fsp3) is 1.00. The molecule has 10 heavy (non-hydrogen) atoms. The van der Waals surface area contributed by atoms with Crippen molar-refractivity contribution in [3.05, 3.63) is 0 Å². The molecule has 4 nitrogen and oxygen atoms in total. The topological polar surface area (TPSA) is 69.7 Å². The van der Waals surface area contributed by atoms with Crippen LogP contribution in [-0.2, 0) is 0 Å². The Morgan fingerprint density at radius 3 is 1.90 bits per heavy atom.